The molecule has 1 atom stereocenters. The summed E-state index contributed by atoms with van der Waals surface area (Å²) >= 11 is 8.53. The van der Waals surface area contributed by atoms with Gasteiger partial charge in [-0.15, -0.1) is 16.4 Å². The fourth-order valence-electron chi connectivity index (χ4n) is 5.06. The number of nitrogens with zero attached hydrogens (tertiary/aromatic N) is 7. The van der Waals surface area contributed by atoms with Crippen LogP contribution in [-0.4, -0.2) is 47.0 Å². The van der Waals surface area contributed by atoms with Gasteiger partial charge in [0.25, 0.3) is 0 Å². The van der Waals surface area contributed by atoms with Crippen molar-refractivity contribution < 1.29 is 9.84 Å². The van der Waals surface area contributed by atoms with Crippen molar-refractivity contribution in [1.82, 2.24) is 34.7 Å². The van der Waals surface area contributed by atoms with Crippen molar-refractivity contribution in [3.63, 3.8) is 0 Å². The second-order valence-electron chi connectivity index (χ2n) is 9.54. The molecule has 0 aliphatic carbocycles. The van der Waals surface area contributed by atoms with Crippen LogP contribution in [0.3, 0.4) is 0 Å². The summed E-state index contributed by atoms with van der Waals surface area (Å²) in [6.45, 7) is 3.81. The Morgan fingerprint density at radius 3 is 2.52 bits per heavy atom. The van der Waals surface area contributed by atoms with E-state index >= 15 is 0 Å². The van der Waals surface area contributed by atoms with Gasteiger partial charge in [0.15, 0.2) is 5.60 Å². The Morgan fingerprint density at radius 1 is 1.10 bits per heavy atom. The molecule has 0 amide bonds. The Morgan fingerprint density at radius 2 is 1.90 bits per heavy atom. The molecule has 0 saturated carbocycles. The van der Waals surface area contributed by atoms with E-state index in [0.29, 0.717) is 44.4 Å². The highest BCUT2D eigenvalue weighted by Crippen LogP contribution is 2.43. The predicted molar refractivity (Wildman–Crippen MR) is 154 cm³/mol. The SMILES string of the molecule is COc1nc2ccc(C(O)(c3sc(C)nc3C)c3cnnn3C)cc2c(Cl)c1Cc1ccc(-n2cccn2)cc1. The summed E-state index contributed by atoms with van der Waals surface area (Å²) in [6.07, 6.45) is 5.73. The van der Waals surface area contributed by atoms with Crippen LogP contribution in [0.15, 0.2) is 67.1 Å². The van der Waals surface area contributed by atoms with Crippen molar-refractivity contribution in [2.45, 2.75) is 25.9 Å². The van der Waals surface area contributed by atoms with E-state index in [1.165, 1.54) is 11.3 Å². The lowest BCUT2D eigenvalue weighted by atomic mass is 9.87. The second-order valence-corrected chi connectivity index (χ2v) is 11.1. The normalized spacial score (nSPS) is 13.1. The minimum absolute atomic E-state index is 0.460. The Labute approximate surface area is 239 Å². The third kappa shape index (κ3) is 4.34. The number of pyridine rings is 1. The number of aliphatic hydroxyl groups is 1. The quantitative estimate of drug-likeness (QED) is 0.282. The molecule has 0 bridgehead atoms. The molecule has 202 valence electrons. The minimum Gasteiger partial charge on any atom is -0.481 e. The maximum absolute atomic E-state index is 12.4. The van der Waals surface area contributed by atoms with Crippen molar-refractivity contribution in [2.24, 2.45) is 7.05 Å². The first-order valence-electron chi connectivity index (χ1n) is 12.6. The summed E-state index contributed by atoms with van der Waals surface area (Å²) < 4.78 is 9.05. The summed E-state index contributed by atoms with van der Waals surface area (Å²) in [5.74, 6) is 0.460. The number of hydrogen-bond acceptors (Lipinski definition) is 8. The van der Waals surface area contributed by atoms with E-state index in [-0.39, 0.29) is 0 Å². The molecular formula is C29H26ClN7O2S. The largest absolute Gasteiger partial charge is 0.481 e. The molecule has 6 aromatic rings. The molecule has 6 rings (SSSR count). The van der Waals surface area contributed by atoms with E-state index in [4.69, 9.17) is 21.3 Å². The molecule has 11 heteroatoms. The Hall–Kier alpha value is -4.12. The highest BCUT2D eigenvalue weighted by molar-refractivity contribution is 7.11. The molecule has 0 fully saturated rings. The van der Waals surface area contributed by atoms with Gasteiger partial charge in [-0.2, -0.15) is 5.10 Å². The average Bonchev–Trinajstić information content (AvgIpc) is 3.72. The third-order valence-corrected chi connectivity index (χ3v) is 8.61. The molecule has 9 nitrogen and oxygen atoms in total. The summed E-state index contributed by atoms with van der Waals surface area (Å²) in [7, 11) is 3.35. The van der Waals surface area contributed by atoms with Gasteiger partial charge in [-0.05, 0) is 55.3 Å². The summed E-state index contributed by atoms with van der Waals surface area (Å²) in [5, 5.41) is 26.9. The van der Waals surface area contributed by atoms with Crippen molar-refractivity contribution in [1.29, 1.82) is 0 Å². The maximum atomic E-state index is 12.4. The molecule has 1 N–H and O–H groups in total. The Balaban J connectivity index is 1.48. The van der Waals surface area contributed by atoms with E-state index in [9.17, 15) is 5.11 Å². The summed E-state index contributed by atoms with van der Waals surface area (Å²) in [6, 6.07) is 15.6. The molecule has 0 aliphatic heterocycles. The van der Waals surface area contributed by atoms with Crippen LogP contribution < -0.4 is 4.74 Å². The smallest absolute Gasteiger partial charge is 0.218 e. The van der Waals surface area contributed by atoms with Gasteiger partial charge in [-0.3, -0.25) is 0 Å². The van der Waals surface area contributed by atoms with Crippen molar-refractivity contribution in [3.8, 4) is 11.6 Å². The number of hydrogen-bond donors (Lipinski definition) is 1. The van der Waals surface area contributed by atoms with Crippen LogP contribution in [0.2, 0.25) is 5.02 Å². The maximum Gasteiger partial charge on any atom is 0.218 e. The molecule has 2 aromatic carbocycles. The third-order valence-electron chi connectivity index (χ3n) is 6.99. The first-order valence-corrected chi connectivity index (χ1v) is 13.8. The van der Waals surface area contributed by atoms with E-state index in [1.807, 2.05) is 73.3 Å². The number of thiazole rings is 1. The van der Waals surface area contributed by atoms with Gasteiger partial charge in [0, 0.05) is 36.8 Å². The van der Waals surface area contributed by atoms with Crippen molar-refractivity contribution in [2.75, 3.05) is 7.11 Å². The first-order chi connectivity index (χ1) is 19.3. The van der Waals surface area contributed by atoms with E-state index in [0.717, 1.165) is 27.5 Å². The van der Waals surface area contributed by atoms with Gasteiger partial charge < -0.3 is 9.84 Å². The van der Waals surface area contributed by atoms with E-state index in [1.54, 1.807) is 31.2 Å². The molecule has 0 radical (unpaired) electrons. The van der Waals surface area contributed by atoms with Crippen molar-refractivity contribution >= 4 is 33.8 Å². The van der Waals surface area contributed by atoms with Gasteiger partial charge in [-0.1, -0.05) is 35.0 Å². The fraction of sp³-hybridized carbons (Fsp3) is 0.207. The van der Waals surface area contributed by atoms with Crippen molar-refractivity contribution in [3.05, 3.63) is 110 Å². The van der Waals surface area contributed by atoms with Crippen LogP contribution >= 0.6 is 22.9 Å². The first kappa shape index (κ1) is 26.1. The van der Waals surface area contributed by atoms with Crippen LogP contribution in [0.1, 0.15) is 38.0 Å². The molecule has 4 heterocycles. The number of halogens is 1. The topological polar surface area (TPSA) is 104 Å². The Kier molecular flexibility index (Phi) is 6.61. The number of benzene rings is 2. The fourth-order valence-corrected chi connectivity index (χ4v) is 6.40. The zero-order valence-corrected chi connectivity index (χ0v) is 23.9. The molecule has 40 heavy (non-hydrogen) atoms. The highest BCUT2D eigenvalue weighted by Gasteiger charge is 2.40. The molecular weight excluding hydrogens is 546 g/mol. The van der Waals surface area contributed by atoms with Crippen LogP contribution in [0, 0.1) is 13.8 Å². The van der Waals surface area contributed by atoms with E-state index < -0.39 is 5.60 Å². The average molecular weight is 572 g/mol. The van der Waals surface area contributed by atoms with Gasteiger partial charge in [0.05, 0.1) is 45.1 Å². The zero-order chi connectivity index (χ0) is 28.0. The van der Waals surface area contributed by atoms with Crippen LogP contribution in [0.4, 0.5) is 0 Å². The van der Waals surface area contributed by atoms with Crippen LogP contribution in [0.5, 0.6) is 5.88 Å². The number of aryl methyl sites for hydroxylation is 3. The lowest BCUT2D eigenvalue weighted by Gasteiger charge is -2.28. The van der Waals surface area contributed by atoms with E-state index in [2.05, 4.69) is 20.4 Å². The Bertz CT molecular complexity index is 1830. The number of ether oxygens (including phenoxy) is 1. The zero-order valence-electron chi connectivity index (χ0n) is 22.3. The van der Waals surface area contributed by atoms with Crippen LogP contribution in [0.25, 0.3) is 16.6 Å². The lowest BCUT2D eigenvalue weighted by Crippen LogP contribution is -2.31. The second kappa shape index (κ2) is 10.1. The summed E-state index contributed by atoms with van der Waals surface area (Å²) in [5.41, 5.74) is 3.75. The molecule has 0 saturated heterocycles. The van der Waals surface area contributed by atoms with Gasteiger partial charge in [-0.25, -0.2) is 19.3 Å². The van der Waals surface area contributed by atoms with Gasteiger partial charge in [0.1, 0.15) is 5.69 Å². The standard InChI is InChI=1S/C29H26ClN7O2S/c1-17-27(40-18(2)33-17)29(38,25-16-31-35-36(25)3)20-8-11-24-22(15-20)26(30)23(28(34-24)39-4)14-19-6-9-21(10-7-19)37-13-5-12-32-37/h5-13,15-16,38H,14H2,1-4H3. The number of fused-ring (bicyclic) bond motifs is 1. The van der Waals surface area contributed by atoms with Gasteiger partial charge in [0.2, 0.25) is 5.88 Å². The van der Waals surface area contributed by atoms with Gasteiger partial charge >= 0.3 is 0 Å². The molecule has 4 aromatic heterocycles. The lowest BCUT2D eigenvalue weighted by molar-refractivity contribution is 0.119. The molecule has 0 spiro atoms. The predicted octanol–water partition coefficient (Wildman–Crippen LogP) is 5.16. The van der Waals surface area contributed by atoms with Crippen LogP contribution in [-0.2, 0) is 19.1 Å². The number of methoxy groups -OCH3 is 1. The minimum atomic E-state index is -1.55. The molecule has 1 unspecified atom stereocenters. The monoisotopic (exact) mass is 571 g/mol. The highest BCUT2D eigenvalue weighted by atomic mass is 35.5. The molecule has 0 aliphatic rings. The number of aromatic nitrogens is 7. The summed E-state index contributed by atoms with van der Waals surface area (Å²) in [4.78, 5) is 10.0. The number of rotatable bonds is 7.